The molecule has 2 aromatic carbocycles. The highest BCUT2D eigenvalue weighted by Gasteiger charge is 2.16. The van der Waals surface area contributed by atoms with E-state index in [4.69, 9.17) is 23.2 Å². The molecule has 2 N–H and O–H groups in total. The summed E-state index contributed by atoms with van der Waals surface area (Å²) in [7, 11) is 0. The molecule has 0 amide bonds. The van der Waals surface area contributed by atoms with Gasteiger partial charge in [0, 0.05) is 45.7 Å². The molecule has 4 rings (SSSR count). The summed E-state index contributed by atoms with van der Waals surface area (Å²) in [4.78, 5) is 16.5. The largest absolute Gasteiger partial charge is 0.477 e. The lowest BCUT2D eigenvalue weighted by Gasteiger charge is -2.08. The smallest absolute Gasteiger partial charge is 0.342 e. The molecule has 0 aliphatic heterocycles. The van der Waals surface area contributed by atoms with Gasteiger partial charge in [-0.25, -0.2) is 9.78 Å². The predicted octanol–water partition coefficient (Wildman–Crippen LogP) is 6.28. The Bertz CT molecular complexity index is 1310. The molecule has 2 heterocycles. The van der Waals surface area contributed by atoms with Crippen molar-refractivity contribution in [3.63, 3.8) is 0 Å². The first kappa shape index (κ1) is 22.5. The van der Waals surface area contributed by atoms with Crippen molar-refractivity contribution in [2.45, 2.75) is 31.5 Å². The van der Waals surface area contributed by atoms with Gasteiger partial charge >= 0.3 is 5.97 Å². The van der Waals surface area contributed by atoms with Gasteiger partial charge in [-0.2, -0.15) is 0 Å². The number of aromatic amines is 1. The molecule has 0 aliphatic rings. The standard InChI is InChI=1S/C23H20Cl2N4O2S/c1-2-5-21-26-23(28-27-21)32-20(22(30)31)10-15-13-29(19-7-4-3-6-17(15)19)12-14-8-9-16(24)11-18(14)25/h3-4,6-11,13H,2,5,12H2,1H3,(H,30,31)(H,26,27,28)/b20-10-. The zero-order valence-corrected chi connectivity index (χ0v) is 19.5. The summed E-state index contributed by atoms with van der Waals surface area (Å²) in [6.45, 7) is 2.58. The van der Waals surface area contributed by atoms with Crippen molar-refractivity contribution in [2.75, 3.05) is 0 Å². The van der Waals surface area contributed by atoms with Gasteiger partial charge in [-0.05, 0) is 48.0 Å². The summed E-state index contributed by atoms with van der Waals surface area (Å²) in [6, 6.07) is 13.3. The molecular formula is C23H20Cl2N4O2S. The molecule has 0 aliphatic carbocycles. The summed E-state index contributed by atoms with van der Waals surface area (Å²) < 4.78 is 2.05. The third-order valence-electron chi connectivity index (χ3n) is 4.87. The molecule has 0 saturated heterocycles. The van der Waals surface area contributed by atoms with Crippen molar-refractivity contribution >= 4 is 57.9 Å². The molecule has 9 heteroatoms. The van der Waals surface area contributed by atoms with Crippen LogP contribution in [0.3, 0.4) is 0 Å². The van der Waals surface area contributed by atoms with E-state index in [1.807, 2.05) is 48.0 Å². The van der Waals surface area contributed by atoms with E-state index in [2.05, 4.69) is 15.2 Å². The molecule has 0 saturated carbocycles. The topological polar surface area (TPSA) is 83.8 Å². The molecule has 0 unspecified atom stereocenters. The van der Waals surface area contributed by atoms with Crippen LogP contribution in [0.2, 0.25) is 10.0 Å². The number of benzene rings is 2. The van der Waals surface area contributed by atoms with E-state index in [-0.39, 0.29) is 4.91 Å². The van der Waals surface area contributed by atoms with E-state index in [0.29, 0.717) is 21.7 Å². The number of carbonyl (C=O) groups is 1. The third-order valence-corrected chi connectivity index (χ3v) is 6.34. The number of hydrogen-bond donors (Lipinski definition) is 2. The molecule has 0 atom stereocenters. The minimum Gasteiger partial charge on any atom is -0.477 e. The summed E-state index contributed by atoms with van der Waals surface area (Å²) >= 11 is 13.4. The van der Waals surface area contributed by atoms with Crippen LogP contribution in [0, 0.1) is 0 Å². The predicted molar refractivity (Wildman–Crippen MR) is 129 cm³/mol. The number of nitrogens with zero attached hydrogens (tertiary/aromatic N) is 3. The minimum absolute atomic E-state index is 0.138. The fourth-order valence-electron chi connectivity index (χ4n) is 3.40. The van der Waals surface area contributed by atoms with Crippen molar-refractivity contribution in [3.05, 3.63) is 80.6 Å². The molecule has 164 valence electrons. The van der Waals surface area contributed by atoms with E-state index in [9.17, 15) is 9.90 Å². The van der Waals surface area contributed by atoms with Crippen LogP contribution in [0.1, 0.15) is 30.3 Å². The number of nitrogens with one attached hydrogen (secondary N) is 1. The molecule has 6 nitrogen and oxygen atoms in total. The van der Waals surface area contributed by atoms with Gasteiger partial charge in [0.25, 0.3) is 0 Å². The first-order valence-corrected chi connectivity index (χ1v) is 11.6. The van der Waals surface area contributed by atoms with E-state index in [1.165, 1.54) is 0 Å². The number of halogens is 2. The molecule has 0 fully saturated rings. The zero-order chi connectivity index (χ0) is 22.7. The van der Waals surface area contributed by atoms with Gasteiger partial charge in [-0.1, -0.05) is 54.4 Å². The summed E-state index contributed by atoms with van der Waals surface area (Å²) in [5, 5.41) is 19.3. The summed E-state index contributed by atoms with van der Waals surface area (Å²) in [5.74, 6) is -0.286. The lowest BCUT2D eigenvalue weighted by molar-refractivity contribution is -0.131. The molecule has 2 aromatic heterocycles. The molecule has 0 radical (unpaired) electrons. The van der Waals surface area contributed by atoms with Crippen molar-refractivity contribution in [3.8, 4) is 0 Å². The molecular weight excluding hydrogens is 467 g/mol. The molecule has 32 heavy (non-hydrogen) atoms. The van der Waals surface area contributed by atoms with Crippen LogP contribution in [-0.2, 0) is 17.8 Å². The fourth-order valence-corrected chi connectivity index (χ4v) is 4.59. The second-order valence-electron chi connectivity index (χ2n) is 7.20. The number of aliphatic carboxylic acids is 1. The lowest BCUT2D eigenvalue weighted by Crippen LogP contribution is -1.99. The maximum absolute atomic E-state index is 12.0. The van der Waals surface area contributed by atoms with Crippen LogP contribution in [0.4, 0.5) is 0 Å². The number of hydrogen-bond acceptors (Lipinski definition) is 4. The molecule has 0 bridgehead atoms. The van der Waals surface area contributed by atoms with Gasteiger partial charge < -0.3 is 9.67 Å². The highest BCUT2D eigenvalue weighted by Crippen LogP contribution is 2.31. The third kappa shape index (κ3) is 5.01. The highest BCUT2D eigenvalue weighted by molar-refractivity contribution is 8.04. The van der Waals surface area contributed by atoms with Crippen molar-refractivity contribution < 1.29 is 9.90 Å². The highest BCUT2D eigenvalue weighted by atomic mass is 35.5. The van der Waals surface area contributed by atoms with Gasteiger partial charge in [0.1, 0.15) is 10.7 Å². The molecule has 0 spiro atoms. The molecule has 4 aromatic rings. The number of aryl methyl sites for hydroxylation is 1. The second-order valence-corrected chi connectivity index (χ2v) is 9.05. The van der Waals surface area contributed by atoms with Crippen molar-refractivity contribution in [1.82, 2.24) is 19.7 Å². The maximum atomic E-state index is 12.0. The van der Waals surface area contributed by atoms with E-state index < -0.39 is 5.97 Å². The Morgan fingerprint density at radius 3 is 2.81 bits per heavy atom. The number of carboxylic acids is 1. The first-order valence-electron chi connectivity index (χ1n) is 10.0. The van der Waals surface area contributed by atoms with E-state index in [1.54, 1.807) is 18.2 Å². The summed E-state index contributed by atoms with van der Waals surface area (Å²) in [6.07, 6.45) is 5.28. The monoisotopic (exact) mass is 486 g/mol. The normalized spacial score (nSPS) is 11.9. The van der Waals surface area contributed by atoms with Crippen LogP contribution >= 0.6 is 35.0 Å². The number of para-hydroxylation sites is 1. The van der Waals surface area contributed by atoms with Gasteiger partial charge in [0.05, 0.1) is 0 Å². The average molecular weight is 487 g/mol. The second kappa shape index (κ2) is 9.81. The number of rotatable bonds is 8. The Labute approximate surface area is 199 Å². The van der Waals surface area contributed by atoms with Crippen LogP contribution < -0.4 is 0 Å². The number of aromatic nitrogens is 4. The van der Waals surface area contributed by atoms with Gasteiger partial charge in [0.15, 0.2) is 0 Å². The number of carboxylic acid groups (broad SMARTS) is 1. The average Bonchev–Trinajstić information content (AvgIpc) is 3.34. The Kier molecular flexibility index (Phi) is 6.89. The zero-order valence-electron chi connectivity index (χ0n) is 17.2. The van der Waals surface area contributed by atoms with Gasteiger partial charge in [-0.15, -0.1) is 5.10 Å². The van der Waals surface area contributed by atoms with Gasteiger partial charge in [0.2, 0.25) is 5.16 Å². The van der Waals surface area contributed by atoms with E-state index in [0.717, 1.165) is 52.5 Å². The Balaban J connectivity index is 1.70. The Morgan fingerprint density at radius 1 is 1.25 bits per heavy atom. The van der Waals surface area contributed by atoms with Crippen molar-refractivity contribution in [1.29, 1.82) is 0 Å². The first-order chi connectivity index (χ1) is 15.4. The summed E-state index contributed by atoms with van der Waals surface area (Å²) in [5.41, 5.74) is 2.69. The lowest BCUT2D eigenvalue weighted by atomic mass is 10.1. The Hall–Kier alpha value is -2.74. The number of thioether (sulfide) groups is 1. The number of fused-ring (bicyclic) bond motifs is 1. The quantitative estimate of drug-likeness (QED) is 0.226. The van der Waals surface area contributed by atoms with Crippen LogP contribution in [0.25, 0.3) is 17.0 Å². The number of H-pyrrole nitrogens is 1. The van der Waals surface area contributed by atoms with Crippen LogP contribution in [0.15, 0.2) is 58.7 Å². The fraction of sp³-hybridized carbons (Fsp3) is 0.174. The minimum atomic E-state index is -1.03. The SMILES string of the molecule is CCCc1nc(S/C(=C\c2cn(Cc3ccc(Cl)cc3Cl)c3ccccc23)C(=O)O)n[nH]1. The Morgan fingerprint density at radius 2 is 2.06 bits per heavy atom. The van der Waals surface area contributed by atoms with Crippen LogP contribution in [0.5, 0.6) is 0 Å². The van der Waals surface area contributed by atoms with Crippen LogP contribution in [-0.4, -0.2) is 30.8 Å². The maximum Gasteiger partial charge on any atom is 0.342 e. The van der Waals surface area contributed by atoms with Crippen molar-refractivity contribution in [2.24, 2.45) is 0 Å². The van der Waals surface area contributed by atoms with Gasteiger partial charge in [-0.3, -0.25) is 5.10 Å². The van der Waals surface area contributed by atoms with E-state index >= 15 is 0 Å².